The number of ether oxygens (including phenoxy) is 1. The van der Waals surface area contributed by atoms with Gasteiger partial charge in [-0.15, -0.1) is 0 Å². The maximum atomic E-state index is 12.3. The molecule has 2 aliphatic rings. The Labute approximate surface area is 101 Å². The lowest BCUT2D eigenvalue weighted by molar-refractivity contribution is -0.137. The molecule has 2 heterocycles. The minimum Gasteiger partial charge on any atom is -0.411 e. The average Bonchev–Trinajstić information content (AvgIpc) is 2.74. The van der Waals surface area contributed by atoms with Crippen LogP contribution in [0.1, 0.15) is 26.7 Å². The highest BCUT2D eigenvalue weighted by Gasteiger charge is 2.36. The largest absolute Gasteiger partial charge is 0.411 e. The molecule has 0 aromatic heterocycles. The molecule has 5 heteroatoms. The van der Waals surface area contributed by atoms with Crippen LogP contribution >= 0.6 is 0 Å². The topological polar surface area (TPSA) is 62.1 Å². The molecular formula is C12H20N2O3. The van der Waals surface area contributed by atoms with Gasteiger partial charge in [0.1, 0.15) is 0 Å². The van der Waals surface area contributed by atoms with Crippen molar-refractivity contribution in [3.8, 4) is 0 Å². The van der Waals surface area contributed by atoms with E-state index in [-0.39, 0.29) is 23.8 Å². The number of piperidine rings is 1. The first-order chi connectivity index (χ1) is 8.13. The number of likely N-dealkylation sites (tertiary alicyclic amines) is 1. The number of hydrogen-bond donors (Lipinski definition) is 1. The van der Waals surface area contributed by atoms with Crippen molar-refractivity contribution in [3.63, 3.8) is 0 Å². The Bertz CT molecular complexity index is 330. The van der Waals surface area contributed by atoms with E-state index in [4.69, 9.17) is 9.94 Å². The van der Waals surface area contributed by atoms with Crippen molar-refractivity contribution in [1.29, 1.82) is 0 Å². The van der Waals surface area contributed by atoms with Crippen LogP contribution in [0.25, 0.3) is 0 Å². The van der Waals surface area contributed by atoms with Crippen LogP contribution in [-0.2, 0) is 9.53 Å². The minimum absolute atomic E-state index is 0.00909. The highest BCUT2D eigenvalue weighted by molar-refractivity contribution is 5.89. The summed E-state index contributed by atoms with van der Waals surface area (Å²) in [5.41, 5.74) is 0.796. The zero-order valence-electron chi connectivity index (χ0n) is 10.4. The first kappa shape index (κ1) is 12.4. The molecule has 0 bridgehead atoms. The molecule has 17 heavy (non-hydrogen) atoms. The van der Waals surface area contributed by atoms with Gasteiger partial charge in [0, 0.05) is 32.0 Å². The molecule has 2 aliphatic heterocycles. The van der Waals surface area contributed by atoms with Gasteiger partial charge in [-0.25, -0.2) is 0 Å². The third kappa shape index (κ3) is 2.44. The fraction of sp³-hybridized carbons (Fsp3) is 0.833. The highest BCUT2D eigenvalue weighted by atomic mass is 16.5. The molecule has 2 rings (SSSR count). The van der Waals surface area contributed by atoms with Crippen LogP contribution in [-0.4, -0.2) is 47.5 Å². The van der Waals surface area contributed by atoms with E-state index in [9.17, 15) is 4.79 Å². The van der Waals surface area contributed by atoms with Gasteiger partial charge in [0.25, 0.3) is 0 Å². The Morgan fingerprint density at radius 2 is 2.29 bits per heavy atom. The monoisotopic (exact) mass is 240 g/mol. The van der Waals surface area contributed by atoms with E-state index in [1.54, 1.807) is 0 Å². The summed E-state index contributed by atoms with van der Waals surface area (Å²) in [6, 6.07) is 0. The summed E-state index contributed by atoms with van der Waals surface area (Å²) >= 11 is 0. The second kappa shape index (κ2) is 5.04. The summed E-state index contributed by atoms with van der Waals surface area (Å²) in [6.07, 6.45) is 1.53. The first-order valence-electron chi connectivity index (χ1n) is 6.24. The molecule has 0 aromatic carbocycles. The number of hydrogen-bond acceptors (Lipinski definition) is 4. The van der Waals surface area contributed by atoms with E-state index in [1.165, 1.54) is 0 Å². The van der Waals surface area contributed by atoms with Crippen LogP contribution in [0.4, 0.5) is 0 Å². The Hall–Kier alpha value is -1.10. The van der Waals surface area contributed by atoms with Crippen molar-refractivity contribution in [2.24, 2.45) is 17.0 Å². The summed E-state index contributed by atoms with van der Waals surface area (Å²) < 4.78 is 5.44. The van der Waals surface area contributed by atoms with Gasteiger partial charge in [-0.2, -0.15) is 0 Å². The second-order valence-corrected chi connectivity index (χ2v) is 5.00. The molecular weight excluding hydrogens is 220 g/mol. The van der Waals surface area contributed by atoms with Gasteiger partial charge >= 0.3 is 0 Å². The lowest BCUT2D eigenvalue weighted by Crippen LogP contribution is -2.46. The lowest BCUT2D eigenvalue weighted by atomic mass is 9.94. The molecule has 5 nitrogen and oxygen atoms in total. The van der Waals surface area contributed by atoms with Crippen LogP contribution in [0, 0.1) is 11.8 Å². The molecule has 96 valence electrons. The summed E-state index contributed by atoms with van der Waals surface area (Å²) in [5.74, 6) is 0.351. The van der Waals surface area contributed by atoms with Crippen molar-refractivity contribution in [2.75, 3.05) is 19.7 Å². The van der Waals surface area contributed by atoms with Crippen LogP contribution < -0.4 is 0 Å². The van der Waals surface area contributed by atoms with E-state index >= 15 is 0 Å². The summed E-state index contributed by atoms with van der Waals surface area (Å²) in [7, 11) is 0. The molecule has 0 saturated carbocycles. The molecule has 3 unspecified atom stereocenters. The van der Waals surface area contributed by atoms with Gasteiger partial charge in [0.2, 0.25) is 5.91 Å². The maximum Gasteiger partial charge on any atom is 0.228 e. The van der Waals surface area contributed by atoms with Crippen molar-refractivity contribution >= 4 is 11.6 Å². The summed E-state index contributed by atoms with van der Waals surface area (Å²) in [4.78, 5) is 14.2. The number of nitrogens with zero attached hydrogens (tertiary/aromatic N) is 2. The third-order valence-corrected chi connectivity index (χ3v) is 3.83. The molecule has 1 N–H and O–H groups in total. The second-order valence-electron chi connectivity index (χ2n) is 5.00. The molecule has 3 atom stereocenters. The van der Waals surface area contributed by atoms with Gasteiger partial charge < -0.3 is 14.8 Å². The Morgan fingerprint density at radius 1 is 1.53 bits per heavy atom. The van der Waals surface area contributed by atoms with Crippen molar-refractivity contribution < 1.29 is 14.7 Å². The standard InChI is InChI=1S/C12H20N2O3/c1-8-7-14(5-3-11(8)13-16)12(15)10-4-6-17-9(10)2/h8-10,16H,3-7H2,1-2H3. The minimum atomic E-state index is 0.00909. The molecule has 2 saturated heterocycles. The van der Waals surface area contributed by atoms with Crippen molar-refractivity contribution in [3.05, 3.63) is 0 Å². The zero-order chi connectivity index (χ0) is 12.4. The molecule has 0 aromatic rings. The summed E-state index contributed by atoms with van der Waals surface area (Å²) in [6.45, 7) is 5.95. The predicted octanol–water partition coefficient (Wildman–Crippen LogP) is 1.11. The van der Waals surface area contributed by atoms with Gasteiger partial charge in [-0.1, -0.05) is 12.1 Å². The quantitative estimate of drug-likeness (QED) is 0.551. The number of amides is 1. The highest BCUT2D eigenvalue weighted by Crippen LogP contribution is 2.25. The SMILES string of the molecule is CC1CN(C(=O)C2CCOC2C)CCC1=NO. The van der Waals surface area contributed by atoms with Crippen LogP contribution in [0.2, 0.25) is 0 Å². The smallest absolute Gasteiger partial charge is 0.228 e. The number of oxime groups is 1. The van der Waals surface area contributed by atoms with Crippen LogP contribution in [0.15, 0.2) is 5.16 Å². The number of carbonyl (C=O) groups excluding carboxylic acids is 1. The van der Waals surface area contributed by atoms with E-state index in [1.807, 2.05) is 18.7 Å². The number of carbonyl (C=O) groups is 1. The van der Waals surface area contributed by atoms with Gasteiger partial charge in [-0.3, -0.25) is 4.79 Å². The molecule has 0 spiro atoms. The Kier molecular flexibility index (Phi) is 3.66. The third-order valence-electron chi connectivity index (χ3n) is 3.83. The van der Waals surface area contributed by atoms with Crippen molar-refractivity contribution in [2.45, 2.75) is 32.8 Å². The van der Waals surface area contributed by atoms with Gasteiger partial charge in [-0.05, 0) is 13.3 Å². The first-order valence-corrected chi connectivity index (χ1v) is 6.24. The molecule has 0 aliphatic carbocycles. The van der Waals surface area contributed by atoms with Crippen LogP contribution in [0.5, 0.6) is 0 Å². The molecule has 2 fully saturated rings. The Balaban J connectivity index is 1.97. The zero-order valence-corrected chi connectivity index (χ0v) is 10.4. The molecule has 1 amide bonds. The average molecular weight is 240 g/mol. The fourth-order valence-corrected chi connectivity index (χ4v) is 2.66. The van der Waals surface area contributed by atoms with E-state index in [0.29, 0.717) is 26.1 Å². The predicted molar refractivity (Wildman–Crippen MR) is 63.1 cm³/mol. The lowest BCUT2D eigenvalue weighted by Gasteiger charge is -2.33. The van der Waals surface area contributed by atoms with E-state index < -0.39 is 0 Å². The van der Waals surface area contributed by atoms with Crippen molar-refractivity contribution in [1.82, 2.24) is 4.90 Å². The fourth-order valence-electron chi connectivity index (χ4n) is 2.66. The Morgan fingerprint density at radius 3 is 2.82 bits per heavy atom. The maximum absolute atomic E-state index is 12.3. The van der Waals surface area contributed by atoms with Gasteiger partial charge in [0.15, 0.2) is 0 Å². The number of rotatable bonds is 1. The normalized spacial score (nSPS) is 36.5. The molecule has 0 radical (unpaired) electrons. The van der Waals surface area contributed by atoms with Crippen LogP contribution in [0.3, 0.4) is 0 Å². The van der Waals surface area contributed by atoms with Gasteiger partial charge in [0.05, 0.1) is 17.7 Å². The van der Waals surface area contributed by atoms with E-state index in [2.05, 4.69) is 5.16 Å². The van der Waals surface area contributed by atoms with E-state index in [0.717, 1.165) is 12.1 Å². The summed E-state index contributed by atoms with van der Waals surface area (Å²) in [5, 5.41) is 12.1.